The molecule has 0 radical (unpaired) electrons. The molecular formula is C24H25N3O2. The fraction of sp³-hybridized carbons (Fsp3) is 0.250. The van der Waals surface area contributed by atoms with Gasteiger partial charge in [0.1, 0.15) is 12.1 Å². The second-order valence-corrected chi connectivity index (χ2v) is 7.23. The number of benzene rings is 2. The molecule has 0 atom stereocenters. The summed E-state index contributed by atoms with van der Waals surface area (Å²) in [5, 5.41) is 18.9. The van der Waals surface area contributed by atoms with Gasteiger partial charge in [-0.25, -0.2) is 0 Å². The molecule has 0 aliphatic carbocycles. The van der Waals surface area contributed by atoms with Gasteiger partial charge in [-0.05, 0) is 42.5 Å². The number of hydrogen-bond acceptors (Lipinski definition) is 4. The van der Waals surface area contributed by atoms with Crippen LogP contribution < -0.4 is 4.74 Å². The van der Waals surface area contributed by atoms with E-state index in [1.165, 1.54) is 16.8 Å². The van der Waals surface area contributed by atoms with E-state index in [4.69, 9.17) is 4.74 Å². The van der Waals surface area contributed by atoms with Crippen LogP contribution in [0.15, 0.2) is 60.8 Å². The van der Waals surface area contributed by atoms with Gasteiger partial charge in [0.15, 0.2) is 0 Å². The summed E-state index contributed by atoms with van der Waals surface area (Å²) in [6.07, 6.45) is 2.42. The normalized spacial score (nSPS) is 11.1. The minimum absolute atomic E-state index is 0.116. The summed E-state index contributed by atoms with van der Waals surface area (Å²) >= 11 is 0. The van der Waals surface area contributed by atoms with Crippen molar-refractivity contribution in [3.8, 4) is 5.88 Å². The molecule has 29 heavy (non-hydrogen) atoms. The molecule has 1 N–H and O–H groups in total. The van der Waals surface area contributed by atoms with Crippen LogP contribution in [0.25, 0.3) is 10.9 Å². The molecule has 5 heteroatoms. The molecule has 0 saturated heterocycles. The molecule has 0 unspecified atom stereocenters. The van der Waals surface area contributed by atoms with Gasteiger partial charge >= 0.3 is 0 Å². The Hall–Kier alpha value is -3.18. The summed E-state index contributed by atoms with van der Waals surface area (Å²) in [6, 6.07) is 18.4. The highest BCUT2D eigenvalue weighted by Gasteiger charge is 2.17. The van der Waals surface area contributed by atoms with Crippen molar-refractivity contribution in [2.24, 2.45) is 0 Å². The molecule has 4 rings (SSSR count). The highest BCUT2D eigenvalue weighted by atomic mass is 16.5. The fourth-order valence-corrected chi connectivity index (χ4v) is 3.73. The third kappa shape index (κ3) is 3.87. The zero-order chi connectivity index (χ0) is 20.2. The second kappa shape index (κ2) is 8.45. The predicted octanol–water partition coefficient (Wildman–Crippen LogP) is 4.21. The summed E-state index contributed by atoms with van der Waals surface area (Å²) in [5.41, 5.74) is 6.71. The number of fused-ring (bicyclic) bond motifs is 1. The first-order valence-electron chi connectivity index (χ1n) is 9.84. The molecule has 148 valence electrons. The molecule has 5 nitrogen and oxygen atoms in total. The van der Waals surface area contributed by atoms with Gasteiger partial charge in [-0.2, -0.15) is 5.10 Å². The SMILES string of the molecule is Cc1c(C)n(Cc2ccccc2)c2c(OCc3ccccc3CCO)nncc12. The smallest absolute Gasteiger partial charge is 0.258 e. The molecule has 0 amide bonds. The van der Waals surface area contributed by atoms with Crippen LogP contribution in [0, 0.1) is 13.8 Å². The van der Waals surface area contributed by atoms with Gasteiger partial charge in [0.25, 0.3) is 5.88 Å². The first-order valence-corrected chi connectivity index (χ1v) is 9.84. The van der Waals surface area contributed by atoms with E-state index in [1.54, 1.807) is 0 Å². The molecule has 0 aliphatic heterocycles. The van der Waals surface area contributed by atoms with Crippen molar-refractivity contribution in [1.82, 2.24) is 14.8 Å². The fourth-order valence-electron chi connectivity index (χ4n) is 3.73. The maximum atomic E-state index is 9.31. The zero-order valence-corrected chi connectivity index (χ0v) is 16.8. The summed E-state index contributed by atoms with van der Waals surface area (Å²) < 4.78 is 8.42. The maximum Gasteiger partial charge on any atom is 0.258 e. The highest BCUT2D eigenvalue weighted by Crippen LogP contribution is 2.31. The topological polar surface area (TPSA) is 60.2 Å². The molecule has 2 heterocycles. The predicted molar refractivity (Wildman–Crippen MR) is 114 cm³/mol. The van der Waals surface area contributed by atoms with Gasteiger partial charge in [0.05, 0.1) is 6.20 Å². The molecule has 0 aliphatic rings. The molecule has 0 saturated carbocycles. The van der Waals surface area contributed by atoms with Crippen molar-refractivity contribution in [3.63, 3.8) is 0 Å². The third-order valence-electron chi connectivity index (χ3n) is 5.46. The van der Waals surface area contributed by atoms with Crippen LogP contribution in [0.5, 0.6) is 5.88 Å². The average Bonchev–Trinajstić information content (AvgIpc) is 2.99. The summed E-state index contributed by atoms with van der Waals surface area (Å²) in [4.78, 5) is 0. The van der Waals surface area contributed by atoms with Gasteiger partial charge in [-0.15, -0.1) is 5.10 Å². The summed E-state index contributed by atoms with van der Waals surface area (Å²) in [6.45, 7) is 5.49. The first kappa shape index (κ1) is 19.2. The van der Waals surface area contributed by atoms with E-state index in [2.05, 4.69) is 52.9 Å². The Balaban J connectivity index is 1.71. The summed E-state index contributed by atoms with van der Waals surface area (Å²) in [7, 11) is 0. The Morgan fingerprint density at radius 1 is 0.966 bits per heavy atom. The number of aryl methyl sites for hydroxylation is 1. The summed E-state index contributed by atoms with van der Waals surface area (Å²) in [5.74, 6) is 0.536. The number of hydrogen-bond donors (Lipinski definition) is 1. The third-order valence-corrected chi connectivity index (χ3v) is 5.46. The van der Waals surface area contributed by atoms with E-state index >= 15 is 0 Å². The largest absolute Gasteiger partial charge is 0.470 e. The van der Waals surface area contributed by atoms with Crippen LogP contribution in [0.3, 0.4) is 0 Å². The molecule has 4 aromatic rings. The number of rotatable bonds is 7. The van der Waals surface area contributed by atoms with Crippen LogP contribution >= 0.6 is 0 Å². The van der Waals surface area contributed by atoms with E-state index in [1.807, 2.05) is 36.5 Å². The Bertz CT molecular complexity index is 1120. The number of ether oxygens (including phenoxy) is 1. The van der Waals surface area contributed by atoms with E-state index in [9.17, 15) is 5.11 Å². The van der Waals surface area contributed by atoms with Crippen molar-refractivity contribution in [3.05, 3.63) is 88.7 Å². The van der Waals surface area contributed by atoms with Crippen molar-refractivity contribution in [2.75, 3.05) is 6.61 Å². The van der Waals surface area contributed by atoms with Crippen LogP contribution in [-0.4, -0.2) is 26.5 Å². The number of aliphatic hydroxyl groups is 1. The Labute approximate surface area is 170 Å². The quantitative estimate of drug-likeness (QED) is 0.516. The Kier molecular flexibility index (Phi) is 5.58. The Morgan fingerprint density at radius 2 is 1.69 bits per heavy atom. The van der Waals surface area contributed by atoms with E-state index < -0.39 is 0 Å². The van der Waals surface area contributed by atoms with Gasteiger partial charge in [0, 0.05) is 24.2 Å². The van der Waals surface area contributed by atoms with Crippen LogP contribution in [0.1, 0.15) is 27.9 Å². The molecule has 0 bridgehead atoms. The number of aromatic nitrogens is 3. The highest BCUT2D eigenvalue weighted by molar-refractivity contribution is 5.88. The van der Waals surface area contributed by atoms with Crippen molar-refractivity contribution >= 4 is 10.9 Å². The van der Waals surface area contributed by atoms with Crippen LogP contribution in [0.2, 0.25) is 0 Å². The molecular weight excluding hydrogens is 362 g/mol. The minimum Gasteiger partial charge on any atom is -0.470 e. The van der Waals surface area contributed by atoms with Gasteiger partial charge in [0.2, 0.25) is 0 Å². The van der Waals surface area contributed by atoms with E-state index in [-0.39, 0.29) is 6.61 Å². The molecule has 0 fully saturated rings. The van der Waals surface area contributed by atoms with Crippen LogP contribution in [0.4, 0.5) is 0 Å². The average molecular weight is 387 g/mol. The van der Waals surface area contributed by atoms with E-state index in [0.29, 0.717) is 18.9 Å². The lowest BCUT2D eigenvalue weighted by Crippen LogP contribution is -2.07. The van der Waals surface area contributed by atoms with Crippen molar-refractivity contribution in [1.29, 1.82) is 0 Å². The standard InChI is InChI=1S/C24H25N3O2/c1-17-18(2)27(15-19-8-4-3-5-9-19)23-22(17)14-25-26-24(23)29-16-21-11-7-6-10-20(21)12-13-28/h3-11,14,28H,12-13,15-16H2,1-2H3. The number of nitrogens with zero attached hydrogens (tertiary/aromatic N) is 3. The van der Waals surface area contributed by atoms with Crippen molar-refractivity contribution in [2.45, 2.75) is 33.4 Å². The lowest BCUT2D eigenvalue weighted by Gasteiger charge is -2.13. The monoisotopic (exact) mass is 387 g/mol. The van der Waals surface area contributed by atoms with Gasteiger partial charge < -0.3 is 14.4 Å². The van der Waals surface area contributed by atoms with Crippen LogP contribution in [-0.2, 0) is 19.6 Å². The van der Waals surface area contributed by atoms with E-state index in [0.717, 1.165) is 28.6 Å². The first-order chi connectivity index (χ1) is 14.2. The lowest BCUT2D eigenvalue weighted by atomic mass is 10.1. The second-order valence-electron chi connectivity index (χ2n) is 7.23. The molecule has 0 spiro atoms. The van der Waals surface area contributed by atoms with Gasteiger partial charge in [-0.1, -0.05) is 54.6 Å². The molecule has 2 aromatic heterocycles. The lowest BCUT2D eigenvalue weighted by molar-refractivity contribution is 0.285. The molecule has 2 aromatic carbocycles. The van der Waals surface area contributed by atoms with Crippen molar-refractivity contribution < 1.29 is 9.84 Å². The Morgan fingerprint density at radius 3 is 2.45 bits per heavy atom. The van der Waals surface area contributed by atoms with Gasteiger partial charge in [-0.3, -0.25) is 0 Å². The minimum atomic E-state index is 0.116. The maximum absolute atomic E-state index is 9.31. The number of aliphatic hydroxyl groups excluding tert-OH is 1. The zero-order valence-electron chi connectivity index (χ0n) is 16.8.